The third-order valence-corrected chi connectivity index (χ3v) is 6.68. The quantitative estimate of drug-likeness (QED) is 0.801. The van der Waals surface area contributed by atoms with E-state index in [2.05, 4.69) is 0 Å². The highest BCUT2D eigenvalue weighted by atomic mass is 32.2. The van der Waals surface area contributed by atoms with Crippen LogP contribution in [0.2, 0.25) is 0 Å². The molecule has 0 saturated carbocycles. The number of fused-ring (bicyclic) bond motifs is 2. The van der Waals surface area contributed by atoms with E-state index in [1.54, 1.807) is 31.3 Å². The van der Waals surface area contributed by atoms with Gasteiger partial charge in [-0.2, -0.15) is 4.31 Å². The average Bonchev–Trinajstić information content (AvgIpc) is 3.02. The second-order valence-electron chi connectivity index (χ2n) is 6.42. The van der Waals surface area contributed by atoms with Crippen molar-refractivity contribution in [2.24, 2.45) is 0 Å². The highest BCUT2D eigenvalue weighted by Gasteiger charge is 2.46. The molecular formula is C18H17FN2O4S. The smallest absolute Gasteiger partial charge is 0.257 e. The number of likely N-dealkylation sites (N-methyl/N-ethyl adjacent to an activating group) is 1. The van der Waals surface area contributed by atoms with Crippen LogP contribution in [0, 0.1) is 5.82 Å². The second kappa shape index (κ2) is 6.07. The van der Waals surface area contributed by atoms with Crippen molar-refractivity contribution >= 4 is 15.9 Å². The van der Waals surface area contributed by atoms with E-state index in [-0.39, 0.29) is 23.9 Å². The number of carbonyl (C=O) groups is 1. The van der Waals surface area contributed by atoms with Crippen LogP contribution in [-0.2, 0) is 10.0 Å². The number of nitrogens with zero attached hydrogens (tertiary/aromatic N) is 2. The summed E-state index contributed by atoms with van der Waals surface area (Å²) in [4.78, 5) is 14.1. The van der Waals surface area contributed by atoms with Crippen molar-refractivity contribution in [3.05, 3.63) is 59.9 Å². The lowest BCUT2D eigenvalue weighted by Gasteiger charge is -2.25. The van der Waals surface area contributed by atoms with Crippen molar-refractivity contribution in [2.75, 3.05) is 20.1 Å². The maximum atomic E-state index is 13.5. The Bertz CT molecular complexity index is 979. The predicted octanol–water partition coefficient (Wildman–Crippen LogP) is 1.73. The minimum Gasteiger partial charge on any atom is -0.486 e. The third-order valence-electron chi connectivity index (χ3n) is 4.85. The molecule has 2 aromatic rings. The Labute approximate surface area is 150 Å². The summed E-state index contributed by atoms with van der Waals surface area (Å²) in [6.07, 6.45) is -0.490. The van der Waals surface area contributed by atoms with Crippen molar-refractivity contribution in [1.29, 1.82) is 0 Å². The van der Waals surface area contributed by atoms with Gasteiger partial charge in [-0.25, -0.2) is 12.8 Å². The number of sulfonamides is 1. The number of hydrogen-bond donors (Lipinski definition) is 0. The normalized spacial score (nSPS) is 23.2. The fourth-order valence-corrected chi connectivity index (χ4v) is 4.94. The van der Waals surface area contributed by atoms with Crippen molar-refractivity contribution in [2.45, 2.75) is 17.0 Å². The molecule has 2 atom stereocenters. The molecule has 8 heteroatoms. The summed E-state index contributed by atoms with van der Waals surface area (Å²) in [6.45, 7) is 0.190. The van der Waals surface area contributed by atoms with E-state index in [9.17, 15) is 17.6 Å². The molecule has 4 rings (SSSR count). The van der Waals surface area contributed by atoms with Crippen molar-refractivity contribution in [3.8, 4) is 5.75 Å². The lowest BCUT2D eigenvalue weighted by Crippen LogP contribution is -2.44. The molecule has 0 aliphatic carbocycles. The Morgan fingerprint density at radius 2 is 1.88 bits per heavy atom. The molecule has 0 radical (unpaired) electrons. The molecule has 2 aromatic carbocycles. The number of rotatable bonds is 2. The summed E-state index contributed by atoms with van der Waals surface area (Å²) in [5.74, 6) is -0.378. The molecule has 1 amide bonds. The SMILES string of the molecule is CN1C(=O)c2ccccc2O[C@H]2CN(S(=O)(=O)c3cccc(F)c3)C[C@H]21. The molecule has 26 heavy (non-hydrogen) atoms. The molecule has 0 unspecified atom stereocenters. The van der Waals surface area contributed by atoms with E-state index in [1.807, 2.05) is 0 Å². The van der Waals surface area contributed by atoms with Crippen molar-refractivity contribution in [1.82, 2.24) is 9.21 Å². The summed E-state index contributed by atoms with van der Waals surface area (Å²) in [7, 11) is -2.23. The van der Waals surface area contributed by atoms with Crippen LogP contribution in [-0.4, -0.2) is 55.8 Å². The zero-order valence-electron chi connectivity index (χ0n) is 14.0. The van der Waals surface area contributed by atoms with Gasteiger partial charge in [0.25, 0.3) is 5.91 Å². The molecule has 1 saturated heterocycles. The minimum absolute atomic E-state index is 0.0927. The van der Waals surface area contributed by atoms with Crippen LogP contribution in [0.3, 0.4) is 0 Å². The van der Waals surface area contributed by atoms with Gasteiger partial charge in [0.05, 0.1) is 23.0 Å². The Hall–Kier alpha value is -2.45. The van der Waals surface area contributed by atoms with E-state index in [4.69, 9.17) is 4.74 Å². The monoisotopic (exact) mass is 376 g/mol. The molecule has 0 spiro atoms. The van der Waals surface area contributed by atoms with Crippen LogP contribution in [0.1, 0.15) is 10.4 Å². The summed E-state index contributed by atoms with van der Waals surface area (Å²) in [6, 6.07) is 11.4. The summed E-state index contributed by atoms with van der Waals surface area (Å²) < 4.78 is 46.4. The van der Waals surface area contributed by atoms with Crippen LogP contribution in [0.5, 0.6) is 5.75 Å². The lowest BCUT2D eigenvalue weighted by molar-refractivity contribution is 0.0683. The number of halogens is 1. The Balaban J connectivity index is 1.67. The number of para-hydroxylation sites is 1. The molecule has 2 heterocycles. The van der Waals surface area contributed by atoms with Crippen LogP contribution in [0.25, 0.3) is 0 Å². The van der Waals surface area contributed by atoms with Gasteiger partial charge in [-0.3, -0.25) is 4.79 Å². The molecule has 2 aliphatic rings. The molecule has 6 nitrogen and oxygen atoms in total. The average molecular weight is 376 g/mol. The maximum Gasteiger partial charge on any atom is 0.257 e. The number of benzene rings is 2. The van der Waals surface area contributed by atoms with Gasteiger partial charge in [0.15, 0.2) is 0 Å². The third kappa shape index (κ3) is 2.65. The number of amides is 1. The minimum atomic E-state index is -3.87. The fraction of sp³-hybridized carbons (Fsp3) is 0.278. The Morgan fingerprint density at radius 1 is 1.12 bits per heavy atom. The zero-order chi connectivity index (χ0) is 18.5. The largest absolute Gasteiger partial charge is 0.486 e. The number of ether oxygens (including phenoxy) is 1. The van der Waals surface area contributed by atoms with E-state index in [0.29, 0.717) is 11.3 Å². The van der Waals surface area contributed by atoms with E-state index in [0.717, 1.165) is 6.07 Å². The van der Waals surface area contributed by atoms with E-state index < -0.39 is 28.0 Å². The highest BCUT2D eigenvalue weighted by molar-refractivity contribution is 7.89. The molecule has 2 aliphatic heterocycles. The predicted molar refractivity (Wildman–Crippen MR) is 91.9 cm³/mol. The number of hydrogen-bond acceptors (Lipinski definition) is 4. The summed E-state index contributed by atoms with van der Waals surface area (Å²) in [5.41, 5.74) is 0.462. The molecule has 0 N–H and O–H groups in total. The Morgan fingerprint density at radius 3 is 2.65 bits per heavy atom. The van der Waals surface area contributed by atoms with Gasteiger partial charge >= 0.3 is 0 Å². The van der Waals surface area contributed by atoms with Crippen LogP contribution >= 0.6 is 0 Å². The first kappa shape index (κ1) is 17.0. The van der Waals surface area contributed by atoms with Gasteiger partial charge < -0.3 is 9.64 Å². The zero-order valence-corrected chi connectivity index (χ0v) is 14.8. The van der Waals surface area contributed by atoms with Gasteiger partial charge in [-0.1, -0.05) is 18.2 Å². The maximum absolute atomic E-state index is 13.5. The molecule has 136 valence electrons. The van der Waals surface area contributed by atoms with Gasteiger partial charge in [0, 0.05) is 13.6 Å². The van der Waals surface area contributed by atoms with Gasteiger partial charge in [0.2, 0.25) is 10.0 Å². The second-order valence-corrected chi connectivity index (χ2v) is 8.35. The van der Waals surface area contributed by atoms with Gasteiger partial charge in [-0.05, 0) is 30.3 Å². The number of carbonyl (C=O) groups excluding carboxylic acids is 1. The van der Waals surface area contributed by atoms with Gasteiger partial charge in [-0.15, -0.1) is 0 Å². The fourth-order valence-electron chi connectivity index (χ4n) is 3.43. The van der Waals surface area contributed by atoms with Crippen LogP contribution < -0.4 is 4.74 Å². The first-order valence-electron chi connectivity index (χ1n) is 8.16. The van der Waals surface area contributed by atoms with Crippen molar-refractivity contribution in [3.63, 3.8) is 0 Å². The topological polar surface area (TPSA) is 66.9 Å². The summed E-state index contributed by atoms with van der Waals surface area (Å²) in [5, 5.41) is 0. The van der Waals surface area contributed by atoms with Crippen LogP contribution in [0.4, 0.5) is 4.39 Å². The molecule has 0 bridgehead atoms. The highest BCUT2D eigenvalue weighted by Crippen LogP contribution is 2.32. The van der Waals surface area contributed by atoms with E-state index >= 15 is 0 Å². The van der Waals surface area contributed by atoms with E-state index in [1.165, 1.54) is 27.4 Å². The molecule has 1 fully saturated rings. The first-order valence-corrected chi connectivity index (χ1v) is 9.60. The molecule has 0 aromatic heterocycles. The van der Waals surface area contributed by atoms with Crippen molar-refractivity contribution < 1.29 is 22.3 Å². The Kier molecular flexibility index (Phi) is 3.96. The summed E-state index contributed by atoms with van der Waals surface area (Å²) >= 11 is 0. The standard InChI is InChI=1S/C18H17FN2O4S/c1-20-15-10-21(26(23,24)13-6-4-5-12(19)9-13)11-17(15)25-16-8-3-2-7-14(16)18(20)22/h2-9,15,17H,10-11H2,1H3/t15-,17+/m1/s1. The molecular weight excluding hydrogens is 359 g/mol. The van der Waals surface area contributed by atoms with Gasteiger partial charge in [0.1, 0.15) is 17.7 Å². The van der Waals surface area contributed by atoms with Crippen LogP contribution in [0.15, 0.2) is 53.4 Å². The first-order chi connectivity index (χ1) is 12.4. The lowest BCUT2D eigenvalue weighted by atomic mass is 10.1.